The SMILES string of the molecule is Cc1cn2c(CC(=O)NCCCOCCO)csc2n1. The minimum Gasteiger partial charge on any atom is -0.394 e. The van der Waals surface area contributed by atoms with Crippen molar-refractivity contribution in [1.82, 2.24) is 14.7 Å². The quantitative estimate of drug-likeness (QED) is 0.705. The molecule has 0 fully saturated rings. The molecular weight excluding hydrogens is 278 g/mol. The molecule has 0 aliphatic heterocycles. The molecule has 0 spiro atoms. The van der Waals surface area contributed by atoms with Gasteiger partial charge in [0.2, 0.25) is 5.91 Å². The average Bonchev–Trinajstić information content (AvgIpc) is 2.94. The van der Waals surface area contributed by atoms with E-state index in [4.69, 9.17) is 9.84 Å². The Morgan fingerprint density at radius 3 is 3.20 bits per heavy atom. The van der Waals surface area contributed by atoms with E-state index in [1.165, 1.54) is 0 Å². The Hall–Kier alpha value is -1.44. The summed E-state index contributed by atoms with van der Waals surface area (Å²) in [6.45, 7) is 3.45. The highest BCUT2D eigenvalue weighted by atomic mass is 32.1. The summed E-state index contributed by atoms with van der Waals surface area (Å²) in [7, 11) is 0. The van der Waals surface area contributed by atoms with Crippen molar-refractivity contribution in [3.63, 3.8) is 0 Å². The Morgan fingerprint density at radius 2 is 2.40 bits per heavy atom. The molecule has 7 heteroatoms. The van der Waals surface area contributed by atoms with E-state index in [1.807, 2.05) is 22.9 Å². The van der Waals surface area contributed by atoms with Gasteiger partial charge in [0.25, 0.3) is 0 Å². The second-order valence-electron chi connectivity index (χ2n) is 4.48. The molecule has 1 amide bonds. The highest BCUT2D eigenvalue weighted by Crippen LogP contribution is 2.16. The monoisotopic (exact) mass is 297 g/mol. The van der Waals surface area contributed by atoms with Crippen molar-refractivity contribution in [3.05, 3.63) is 23.0 Å². The van der Waals surface area contributed by atoms with Crippen LogP contribution in [0.15, 0.2) is 11.6 Å². The van der Waals surface area contributed by atoms with Crippen LogP contribution in [-0.4, -0.2) is 46.8 Å². The van der Waals surface area contributed by atoms with Crippen LogP contribution in [-0.2, 0) is 16.0 Å². The van der Waals surface area contributed by atoms with Crippen molar-refractivity contribution >= 4 is 22.2 Å². The van der Waals surface area contributed by atoms with Crippen molar-refractivity contribution in [2.24, 2.45) is 0 Å². The van der Waals surface area contributed by atoms with E-state index in [1.54, 1.807) is 11.3 Å². The molecule has 0 bridgehead atoms. The van der Waals surface area contributed by atoms with E-state index in [0.29, 0.717) is 26.2 Å². The number of thiazole rings is 1. The van der Waals surface area contributed by atoms with Gasteiger partial charge in [-0.05, 0) is 13.3 Å². The van der Waals surface area contributed by atoms with Crippen LogP contribution in [0.4, 0.5) is 0 Å². The van der Waals surface area contributed by atoms with Crippen LogP contribution in [0.2, 0.25) is 0 Å². The maximum Gasteiger partial charge on any atom is 0.225 e. The lowest BCUT2D eigenvalue weighted by atomic mass is 10.3. The summed E-state index contributed by atoms with van der Waals surface area (Å²) in [6.07, 6.45) is 3.04. The zero-order chi connectivity index (χ0) is 14.4. The third-order valence-electron chi connectivity index (χ3n) is 2.77. The molecule has 0 atom stereocenters. The second-order valence-corrected chi connectivity index (χ2v) is 5.31. The summed E-state index contributed by atoms with van der Waals surface area (Å²) in [5.74, 6) is -0.00166. The summed E-state index contributed by atoms with van der Waals surface area (Å²) in [5.41, 5.74) is 1.92. The van der Waals surface area contributed by atoms with Crippen LogP contribution in [0, 0.1) is 6.92 Å². The van der Waals surface area contributed by atoms with Gasteiger partial charge >= 0.3 is 0 Å². The number of nitrogens with one attached hydrogen (secondary N) is 1. The lowest BCUT2D eigenvalue weighted by molar-refractivity contribution is -0.120. The Morgan fingerprint density at radius 1 is 1.55 bits per heavy atom. The number of carbonyl (C=O) groups is 1. The first-order valence-corrected chi connectivity index (χ1v) is 7.46. The molecule has 2 heterocycles. The van der Waals surface area contributed by atoms with Crippen LogP contribution in [0.3, 0.4) is 0 Å². The summed E-state index contributed by atoms with van der Waals surface area (Å²) in [4.78, 5) is 17.1. The van der Waals surface area contributed by atoms with Gasteiger partial charge in [0, 0.05) is 30.4 Å². The molecule has 2 aromatic rings. The van der Waals surface area contributed by atoms with Gasteiger partial charge in [-0.3, -0.25) is 9.20 Å². The molecule has 110 valence electrons. The number of aliphatic hydroxyl groups is 1. The highest BCUT2D eigenvalue weighted by molar-refractivity contribution is 7.15. The minimum atomic E-state index is -0.00166. The van der Waals surface area contributed by atoms with E-state index in [0.717, 1.165) is 22.8 Å². The zero-order valence-corrected chi connectivity index (χ0v) is 12.3. The number of nitrogens with zero attached hydrogens (tertiary/aromatic N) is 2. The average molecular weight is 297 g/mol. The molecule has 6 nitrogen and oxygen atoms in total. The number of hydrogen-bond donors (Lipinski definition) is 2. The third-order valence-corrected chi connectivity index (χ3v) is 3.66. The summed E-state index contributed by atoms with van der Waals surface area (Å²) in [5, 5.41) is 13.4. The normalized spacial score (nSPS) is 11.1. The molecule has 0 saturated carbocycles. The Kier molecular flexibility index (Phi) is 5.51. The fraction of sp³-hybridized carbons (Fsp3) is 0.538. The molecule has 0 radical (unpaired) electrons. The van der Waals surface area contributed by atoms with E-state index < -0.39 is 0 Å². The zero-order valence-electron chi connectivity index (χ0n) is 11.5. The van der Waals surface area contributed by atoms with Crippen molar-refractivity contribution in [3.8, 4) is 0 Å². The van der Waals surface area contributed by atoms with E-state index in [9.17, 15) is 4.79 Å². The lowest BCUT2D eigenvalue weighted by Gasteiger charge is -2.05. The number of imidazole rings is 1. The van der Waals surface area contributed by atoms with E-state index >= 15 is 0 Å². The predicted octanol–water partition coefficient (Wildman–Crippen LogP) is 0.762. The minimum absolute atomic E-state index is 0.00166. The van der Waals surface area contributed by atoms with Gasteiger partial charge in [-0.1, -0.05) is 0 Å². The summed E-state index contributed by atoms with van der Waals surface area (Å²) in [6, 6.07) is 0. The number of hydrogen-bond acceptors (Lipinski definition) is 5. The number of ether oxygens (including phenoxy) is 1. The van der Waals surface area contributed by atoms with E-state index in [-0.39, 0.29) is 12.5 Å². The largest absolute Gasteiger partial charge is 0.394 e. The Bertz CT molecular complexity index is 564. The topological polar surface area (TPSA) is 75.9 Å². The first kappa shape index (κ1) is 15.0. The number of aromatic nitrogens is 2. The molecule has 2 aromatic heterocycles. The van der Waals surface area contributed by atoms with Crippen LogP contribution < -0.4 is 5.32 Å². The maximum atomic E-state index is 11.8. The summed E-state index contributed by atoms with van der Waals surface area (Å²) < 4.78 is 7.08. The Balaban J connectivity index is 1.74. The molecule has 0 aliphatic carbocycles. The number of aryl methyl sites for hydroxylation is 1. The first-order valence-electron chi connectivity index (χ1n) is 6.58. The molecule has 0 aromatic carbocycles. The smallest absolute Gasteiger partial charge is 0.225 e. The number of fused-ring (bicyclic) bond motifs is 1. The van der Waals surface area contributed by atoms with Crippen molar-refractivity contribution in [1.29, 1.82) is 0 Å². The number of carbonyl (C=O) groups excluding carboxylic acids is 1. The highest BCUT2D eigenvalue weighted by Gasteiger charge is 2.09. The molecular formula is C13H19N3O3S. The lowest BCUT2D eigenvalue weighted by Crippen LogP contribution is -2.27. The van der Waals surface area contributed by atoms with Gasteiger partial charge in [-0.15, -0.1) is 11.3 Å². The molecule has 0 unspecified atom stereocenters. The molecule has 20 heavy (non-hydrogen) atoms. The Labute approximate surface area is 121 Å². The van der Waals surface area contributed by atoms with E-state index in [2.05, 4.69) is 10.3 Å². The fourth-order valence-electron chi connectivity index (χ4n) is 1.86. The molecule has 0 saturated heterocycles. The van der Waals surface area contributed by atoms with Gasteiger partial charge in [-0.25, -0.2) is 4.98 Å². The van der Waals surface area contributed by atoms with Gasteiger partial charge in [0.1, 0.15) is 0 Å². The molecule has 0 aliphatic rings. The van der Waals surface area contributed by atoms with Crippen LogP contribution in [0.25, 0.3) is 4.96 Å². The van der Waals surface area contributed by atoms with Gasteiger partial charge in [0.15, 0.2) is 4.96 Å². The number of amides is 1. The third kappa shape index (κ3) is 4.03. The van der Waals surface area contributed by atoms with Gasteiger partial charge in [0.05, 0.1) is 25.3 Å². The molecule has 2 rings (SSSR count). The van der Waals surface area contributed by atoms with Crippen LogP contribution >= 0.6 is 11.3 Å². The second kappa shape index (κ2) is 7.37. The van der Waals surface area contributed by atoms with Gasteiger partial charge in [-0.2, -0.15) is 0 Å². The standard InChI is InChI=1S/C13H19N3O3S/c1-10-8-16-11(9-20-13(16)15-10)7-12(18)14-3-2-5-19-6-4-17/h8-9,17H,2-7H2,1H3,(H,14,18). The predicted molar refractivity (Wildman–Crippen MR) is 77.0 cm³/mol. The van der Waals surface area contributed by atoms with Gasteiger partial charge < -0.3 is 15.2 Å². The molecule has 2 N–H and O–H groups in total. The van der Waals surface area contributed by atoms with Crippen LogP contribution in [0.5, 0.6) is 0 Å². The summed E-state index contributed by atoms with van der Waals surface area (Å²) >= 11 is 1.54. The number of aliphatic hydroxyl groups excluding tert-OH is 1. The first-order chi connectivity index (χ1) is 9.70. The van der Waals surface area contributed by atoms with Crippen molar-refractivity contribution < 1.29 is 14.6 Å². The fourth-order valence-corrected chi connectivity index (χ4v) is 2.78. The van der Waals surface area contributed by atoms with Crippen molar-refractivity contribution in [2.45, 2.75) is 19.8 Å². The van der Waals surface area contributed by atoms with Crippen molar-refractivity contribution in [2.75, 3.05) is 26.4 Å². The van der Waals surface area contributed by atoms with Crippen LogP contribution in [0.1, 0.15) is 17.8 Å². The number of rotatable bonds is 8. The maximum absolute atomic E-state index is 11.8.